The van der Waals surface area contributed by atoms with Crippen molar-refractivity contribution < 1.29 is 19.4 Å². The molecule has 1 aliphatic heterocycles. The number of ether oxygens (including phenoxy) is 2. The van der Waals surface area contributed by atoms with Gasteiger partial charge in [-0.05, 0) is 61.4 Å². The predicted molar refractivity (Wildman–Crippen MR) is 139 cm³/mol. The fourth-order valence-corrected chi connectivity index (χ4v) is 6.39. The van der Waals surface area contributed by atoms with E-state index in [0.717, 1.165) is 42.1 Å². The van der Waals surface area contributed by atoms with Crippen LogP contribution >= 0.6 is 23.4 Å². The first-order valence-electron chi connectivity index (χ1n) is 12.0. The van der Waals surface area contributed by atoms with E-state index in [2.05, 4.69) is 4.98 Å². The summed E-state index contributed by atoms with van der Waals surface area (Å²) in [4.78, 5) is 18.1. The Morgan fingerprint density at radius 1 is 1.17 bits per heavy atom. The monoisotopic (exact) mass is 509 g/mol. The molecule has 35 heavy (non-hydrogen) atoms. The van der Waals surface area contributed by atoms with Gasteiger partial charge >= 0.3 is 5.97 Å². The molecule has 1 N–H and O–H groups in total. The van der Waals surface area contributed by atoms with Crippen molar-refractivity contribution in [3.8, 4) is 5.75 Å². The van der Waals surface area contributed by atoms with Crippen molar-refractivity contribution in [1.82, 2.24) is 4.98 Å². The second-order valence-corrected chi connectivity index (χ2v) is 10.7. The van der Waals surface area contributed by atoms with Gasteiger partial charge in [0.25, 0.3) is 0 Å². The molecule has 0 saturated heterocycles. The number of hydrogen-bond donors (Lipinski definition) is 1. The van der Waals surface area contributed by atoms with Crippen LogP contribution in [0.2, 0.25) is 5.02 Å². The number of esters is 1. The molecule has 0 radical (unpaired) electrons. The van der Waals surface area contributed by atoms with E-state index >= 15 is 0 Å². The number of pyridine rings is 1. The van der Waals surface area contributed by atoms with Crippen LogP contribution in [0.5, 0.6) is 5.75 Å². The molecule has 5 rings (SSSR count). The first-order chi connectivity index (χ1) is 17.0. The lowest BCUT2D eigenvalue weighted by Gasteiger charge is -2.41. The van der Waals surface area contributed by atoms with Crippen molar-refractivity contribution in [3.63, 3.8) is 0 Å². The van der Waals surface area contributed by atoms with E-state index in [1.165, 1.54) is 11.8 Å². The van der Waals surface area contributed by atoms with E-state index in [1.807, 2.05) is 54.6 Å². The largest absolute Gasteiger partial charge is 0.511 e. The second-order valence-electron chi connectivity index (χ2n) is 9.30. The van der Waals surface area contributed by atoms with Crippen molar-refractivity contribution >= 4 is 40.2 Å². The normalized spacial score (nSPS) is 20.9. The number of halogens is 1. The zero-order valence-corrected chi connectivity index (χ0v) is 21.2. The molecule has 1 aromatic heterocycles. The van der Waals surface area contributed by atoms with Crippen molar-refractivity contribution in [2.24, 2.45) is 5.92 Å². The van der Waals surface area contributed by atoms with Crippen LogP contribution in [0, 0.1) is 5.92 Å². The minimum Gasteiger partial charge on any atom is -0.511 e. The average Bonchev–Trinajstić information content (AvgIpc) is 3.41. The molecule has 7 heteroatoms. The summed E-state index contributed by atoms with van der Waals surface area (Å²) in [7, 11) is 1.59. The zero-order valence-electron chi connectivity index (χ0n) is 19.6. The average molecular weight is 510 g/mol. The lowest BCUT2D eigenvalue weighted by molar-refractivity contribution is -0.166. The van der Waals surface area contributed by atoms with Gasteiger partial charge in [0.15, 0.2) is 0 Å². The fraction of sp³-hybridized carbons (Fsp3) is 0.357. The molecule has 0 spiro atoms. The number of methoxy groups -OCH3 is 1. The number of aryl methyl sites for hydroxylation is 1. The Bertz CT molecular complexity index is 1290. The van der Waals surface area contributed by atoms with Gasteiger partial charge < -0.3 is 14.6 Å². The zero-order chi connectivity index (χ0) is 24.4. The number of nitrogens with zero attached hydrogens (tertiary/aromatic N) is 1. The fourth-order valence-electron chi connectivity index (χ4n) is 5.30. The summed E-state index contributed by atoms with van der Waals surface area (Å²) in [5.74, 6) is 0.497. The van der Waals surface area contributed by atoms with Crippen LogP contribution in [0.15, 0.2) is 70.3 Å². The van der Waals surface area contributed by atoms with Crippen molar-refractivity contribution in [2.45, 2.75) is 55.6 Å². The predicted octanol–water partition coefficient (Wildman–Crippen LogP) is 7.27. The van der Waals surface area contributed by atoms with Crippen LogP contribution < -0.4 is 4.74 Å². The smallest absolute Gasteiger partial charge is 0.349 e. The molecule has 1 fully saturated rings. The lowest BCUT2D eigenvalue weighted by atomic mass is 9.77. The van der Waals surface area contributed by atoms with Gasteiger partial charge in [0.05, 0.1) is 17.6 Å². The number of para-hydroxylation sites is 1. The van der Waals surface area contributed by atoms with Crippen LogP contribution in [0.25, 0.3) is 10.9 Å². The minimum absolute atomic E-state index is 0.0980. The van der Waals surface area contributed by atoms with E-state index in [9.17, 15) is 9.90 Å². The topological polar surface area (TPSA) is 68.7 Å². The number of hydrogen-bond acceptors (Lipinski definition) is 6. The number of thioether (sulfide) groups is 1. The molecule has 182 valence electrons. The summed E-state index contributed by atoms with van der Waals surface area (Å²) in [6.07, 6.45) is 5.87. The van der Waals surface area contributed by atoms with Gasteiger partial charge in [0.2, 0.25) is 0 Å². The Labute approximate surface area is 214 Å². The third-order valence-corrected chi connectivity index (χ3v) is 8.48. The van der Waals surface area contributed by atoms with E-state index in [-0.39, 0.29) is 16.6 Å². The highest BCUT2D eigenvalue weighted by molar-refractivity contribution is 8.04. The SMILES string of the molecule is COc1ccc(CCC2(C3CCCC3)CC(O)=C(Sc3ccc4ccccc4n3)C(=O)O2)cc1Cl. The number of benzene rings is 2. The number of rotatable bonds is 7. The Kier molecular flexibility index (Phi) is 6.94. The summed E-state index contributed by atoms with van der Waals surface area (Å²) >= 11 is 7.50. The number of aliphatic hydroxyl groups excluding tert-OH is 1. The Hall–Kier alpha value is -2.70. The molecule has 1 atom stereocenters. The van der Waals surface area contributed by atoms with Gasteiger partial charge in [0, 0.05) is 11.8 Å². The number of fused-ring (bicyclic) bond motifs is 1. The van der Waals surface area contributed by atoms with Crippen molar-refractivity contribution in [2.75, 3.05) is 7.11 Å². The maximum atomic E-state index is 13.3. The summed E-state index contributed by atoms with van der Waals surface area (Å²) in [6.45, 7) is 0. The summed E-state index contributed by atoms with van der Waals surface area (Å²) in [5.41, 5.74) is 1.18. The first kappa shape index (κ1) is 24.0. The Morgan fingerprint density at radius 3 is 2.71 bits per heavy atom. The van der Waals surface area contributed by atoms with E-state index in [4.69, 9.17) is 21.1 Å². The standard InChI is InChI=1S/C28H28ClNO4S/c1-33-24-12-10-18(16-21(24)29)14-15-28(20-7-3-4-8-20)17-23(31)26(27(32)34-28)35-25-13-11-19-6-2-5-9-22(19)30-25/h2,5-6,9-13,16,20,31H,3-4,7-8,14-15,17H2,1H3. The lowest BCUT2D eigenvalue weighted by Crippen LogP contribution is -2.45. The van der Waals surface area contributed by atoms with Crippen LogP contribution in [0.3, 0.4) is 0 Å². The van der Waals surface area contributed by atoms with E-state index in [1.54, 1.807) is 7.11 Å². The molecule has 3 aromatic rings. The maximum Gasteiger partial charge on any atom is 0.349 e. The Balaban J connectivity index is 1.39. The quantitative estimate of drug-likeness (QED) is 0.338. The molecule has 2 heterocycles. The third kappa shape index (κ3) is 5.00. The highest BCUT2D eigenvalue weighted by Gasteiger charge is 2.48. The van der Waals surface area contributed by atoms with Crippen molar-refractivity contribution in [3.05, 3.63) is 75.8 Å². The van der Waals surface area contributed by atoms with Gasteiger partial charge in [-0.25, -0.2) is 9.78 Å². The van der Waals surface area contributed by atoms with Crippen LogP contribution in [-0.4, -0.2) is 28.8 Å². The molecule has 2 aromatic carbocycles. The highest BCUT2D eigenvalue weighted by Crippen LogP contribution is 2.48. The number of cyclic esters (lactones) is 1. The van der Waals surface area contributed by atoms with Crippen LogP contribution in [0.4, 0.5) is 0 Å². The first-order valence-corrected chi connectivity index (χ1v) is 13.2. The van der Waals surface area contributed by atoms with Gasteiger partial charge in [0.1, 0.15) is 27.0 Å². The molecule has 1 unspecified atom stereocenters. The highest BCUT2D eigenvalue weighted by atomic mass is 35.5. The number of aromatic nitrogens is 1. The van der Waals surface area contributed by atoms with Gasteiger partial charge in [-0.2, -0.15) is 0 Å². The summed E-state index contributed by atoms with van der Waals surface area (Å²) in [5, 5.41) is 13.4. The van der Waals surface area contributed by atoms with Crippen LogP contribution in [0.1, 0.15) is 44.1 Å². The third-order valence-electron chi connectivity index (χ3n) is 7.14. The molecule has 1 aliphatic carbocycles. The molecule has 0 amide bonds. The summed E-state index contributed by atoms with van der Waals surface area (Å²) < 4.78 is 11.5. The molecular weight excluding hydrogens is 482 g/mol. The second kappa shape index (κ2) is 10.1. The molecular formula is C28H28ClNO4S. The van der Waals surface area contributed by atoms with Gasteiger partial charge in [-0.3, -0.25) is 0 Å². The van der Waals surface area contributed by atoms with Gasteiger partial charge in [-0.1, -0.05) is 66.5 Å². The Morgan fingerprint density at radius 2 is 1.97 bits per heavy atom. The van der Waals surface area contributed by atoms with Gasteiger partial charge in [-0.15, -0.1) is 0 Å². The minimum atomic E-state index is -0.717. The molecule has 2 aliphatic rings. The molecule has 0 bridgehead atoms. The number of carbonyl (C=O) groups excluding carboxylic acids is 1. The number of aliphatic hydroxyl groups is 1. The molecule has 1 saturated carbocycles. The van der Waals surface area contributed by atoms with Crippen LogP contribution in [-0.2, 0) is 16.0 Å². The molecule has 5 nitrogen and oxygen atoms in total. The number of carbonyl (C=O) groups is 1. The van der Waals surface area contributed by atoms with E-state index < -0.39 is 11.6 Å². The van der Waals surface area contributed by atoms with Crippen molar-refractivity contribution in [1.29, 1.82) is 0 Å². The van der Waals surface area contributed by atoms with E-state index in [0.29, 0.717) is 35.1 Å². The maximum absolute atomic E-state index is 13.3. The summed E-state index contributed by atoms with van der Waals surface area (Å²) in [6, 6.07) is 17.4.